The maximum absolute atomic E-state index is 12.9. The van der Waals surface area contributed by atoms with Crippen molar-refractivity contribution in [2.75, 3.05) is 7.11 Å². The SMILES string of the molecule is [B]c1ccc2c(c1)c1c(n2Cc2ccc(C(=O)OC)cc2)CC(C)(C)CC1=O. The molecule has 0 aliphatic heterocycles. The van der Waals surface area contributed by atoms with E-state index in [-0.39, 0.29) is 17.2 Å². The second kappa shape index (κ2) is 6.66. The summed E-state index contributed by atoms with van der Waals surface area (Å²) < 4.78 is 6.98. The maximum Gasteiger partial charge on any atom is 0.337 e. The first-order chi connectivity index (χ1) is 13.3. The monoisotopic (exact) mass is 371 g/mol. The lowest BCUT2D eigenvalue weighted by Crippen LogP contribution is -2.28. The highest BCUT2D eigenvalue weighted by Crippen LogP contribution is 2.39. The van der Waals surface area contributed by atoms with Gasteiger partial charge in [-0.15, -0.1) is 0 Å². The fourth-order valence-electron chi connectivity index (χ4n) is 4.19. The summed E-state index contributed by atoms with van der Waals surface area (Å²) in [6, 6.07) is 13.2. The fraction of sp³-hybridized carbons (Fsp3) is 0.304. The van der Waals surface area contributed by atoms with Crippen LogP contribution in [0.2, 0.25) is 0 Å². The van der Waals surface area contributed by atoms with Crippen molar-refractivity contribution in [1.82, 2.24) is 4.57 Å². The second-order valence-corrected chi connectivity index (χ2v) is 8.31. The Hall–Kier alpha value is -2.82. The molecule has 4 rings (SSSR count). The Labute approximate surface area is 165 Å². The molecule has 0 N–H and O–H groups in total. The number of hydrogen-bond acceptors (Lipinski definition) is 3. The number of carbonyl (C=O) groups is 2. The third-order valence-electron chi connectivity index (χ3n) is 5.47. The number of nitrogens with zero attached hydrogens (tertiary/aromatic N) is 1. The van der Waals surface area contributed by atoms with Crippen LogP contribution in [0, 0.1) is 5.41 Å². The maximum atomic E-state index is 12.9. The molecule has 4 nitrogen and oxygen atoms in total. The Morgan fingerprint density at radius 3 is 2.54 bits per heavy atom. The van der Waals surface area contributed by atoms with Gasteiger partial charge in [0, 0.05) is 35.1 Å². The van der Waals surface area contributed by atoms with E-state index in [0.717, 1.165) is 34.1 Å². The van der Waals surface area contributed by atoms with Crippen molar-refractivity contribution in [3.8, 4) is 0 Å². The first kappa shape index (κ1) is 18.5. The van der Waals surface area contributed by atoms with Gasteiger partial charge in [-0.25, -0.2) is 4.79 Å². The Morgan fingerprint density at radius 2 is 1.86 bits per heavy atom. The largest absolute Gasteiger partial charge is 0.465 e. The number of ketones is 1. The molecule has 2 aromatic carbocycles. The molecule has 0 spiro atoms. The lowest BCUT2D eigenvalue weighted by molar-refractivity contribution is 0.0600. The minimum atomic E-state index is -0.349. The molecule has 0 unspecified atom stereocenters. The zero-order valence-corrected chi connectivity index (χ0v) is 16.4. The molecule has 0 amide bonds. The van der Waals surface area contributed by atoms with Gasteiger partial charge in [0.05, 0.1) is 12.7 Å². The molecule has 0 fully saturated rings. The Morgan fingerprint density at radius 1 is 1.14 bits per heavy atom. The van der Waals surface area contributed by atoms with Gasteiger partial charge in [0.2, 0.25) is 0 Å². The van der Waals surface area contributed by atoms with Crippen LogP contribution < -0.4 is 5.46 Å². The van der Waals surface area contributed by atoms with E-state index in [1.54, 1.807) is 12.1 Å². The molecular formula is C23H22BNO3. The summed E-state index contributed by atoms with van der Waals surface area (Å²) in [6.45, 7) is 4.89. The predicted octanol–water partition coefficient (Wildman–Crippen LogP) is 3.43. The van der Waals surface area contributed by atoms with Crippen molar-refractivity contribution >= 4 is 36.0 Å². The molecular weight excluding hydrogens is 349 g/mol. The molecule has 0 saturated heterocycles. The number of esters is 1. The minimum Gasteiger partial charge on any atom is -0.465 e. The smallest absolute Gasteiger partial charge is 0.337 e. The molecule has 28 heavy (non-hydrogen) atoms. The fourth-order valence-corrected chi connectivity index (χ4v) is 4.19. The number of ether oxygens (including phenoxy) is 1. The van der Waals surface area contributed by atoms with Gasteiger partial charge in [-0.3, -0.25) is 4.79 Å². The molecule has 0 atom stereocenters. The van der Waals surface area contributed by atoms with E-state index in [4.69, 9.17) is 12.6 Å². The third-order valence-corrected chi connectivity index (χ3v) is 5.47. The lowest BCUT2D eigenvalue weighted by Gasteiger charge is -2.30. The minimum absolute atomic E-state index is 0.0729. The molecule has 1 aliphatic rings. The first-order valence-corrected chi connectivity index (χ1v) is 9.40. The highest BCUT2D eigenvalue weighted by Gasteiger charge is 2.35. The highest BCUT2D eigenvalue weighted by atomic mass is 16.5. The van der Waals surface area contributed by atoms with Crippen molar-refractivity contribution in [2.24, 2.45) is 5.41 Å². The van der Waals surface area contributed by atoms with Gasteiger partial charge >= 0.3 is 5.97 Å². The average molecular weight is 371 g/mol. The van der Waals surface area contributed by atoms with E-state index in [0.29, 0.717) is 24.0 Å². The first-order valence-electron chi connectivity index (χ1n) is 9.40. The molecule has 0 bridgehead atoms. The summed E-state index contributed by atoms with van der Waals surface area (Å²) in [4.78, 5) is 24.6. The van der Waals surface area contributed by atoms with Gasteiger partial charge in [0.25, 0.3) is 0 Å². The topological polar surface area (TPSA) is 48.3 Å². The van der Waals surface area contributed by atoms with Crippen molar-refractivity contribution in [3.05, 3.63) is 64.8 Å². The van der Waals surface area contributed by atoms with E-state index in [1.807, 2.05) is 30.3 Å². The molecule has 3 aromatic rings. The highest BCUT2D eigenvalue weighted by molar-refractivity contribution is 6.33. The van der Waals surface area contributed by atoms with Gasteiger partial charge in [-0.1, -0.05) is 43.6 Å². The van der Waals surface area contributed by atoms with Crippen LogP contribution >= 0.6 is 0 Å². The number of aromatic nitrogens is 1. The van der Waals surface area contributed by atoms with Crippen LogP contribution in [0.15, 0.2) is 42.5 Å². The Kier molecular flexibility index (Phi) is 4.41. The van der Waals surface area contributed by atoms with Crippen molar-refractivity contribution in [3.63, 3.8) is 0 Å². The number of hydrogen-bond donors (Lipinski definition) is 0. The van der Waals surface area contributed by atoms with Gasteiger partial charge in [0.1, 0.15) is 7.85 Å². The third kappa shape index (κ3) is 3.15. The Bertz CT molecular complexity index is 1090. The average Bonchev–Trinajstić information content (AvgIpc) is 2.93. The summed E-state index contributed by atoms with van der Waals surface area (Å²) in [7, 11) is 7.39. The van der Waals surface area contributed by atoms with Crippen LogP contribution in [0.4, 0.5) is 0 Å². The standard InChI is InChI=1S/C23H22BNO3/c1-23(2)11-19-21(20(26)12-23)17-10-16(24)8-9-18(17)25(19)13-14-4-6-15(7-5-14)22(27)28-3/h4-10H,11-13H2,1-3H3. The van der Waals surface area contributed by atoms with E-state index in [9.17, 15) is 9.59 Å². The summed E-state index contributed by atoms with van der Waals surface area (Å²) >= 11 is 0. The molecule has 140 valence electrons. The molecule has 1 heterocycles. The lowest BCUT2D eigenvalue weighted by atomic mass is 9.75. The van der Waals surface area contributed by atoms with E-state index < -0.39 is 0 Å². The summed E-state index contributed by atoms with van der Waals surface area (Å²) in [5.74, 6) is -0.167. The zero-order chi connectivity index (χ0) is 20.1. The summed E-state index contributed by atoms with van der Waals surface area (Å²) in [5, 5.41) is 0.932. The van der Waals surface area contributed by atoms with Crippen LogP contribution in [-0.2, 0) is 17.7 Å². The molecule has 2 radical (unpaired) electrons. The quantitative estimate of drug-likeness (QED) is 0.524. The molecule has 1 aromatic heterocycles. The van der Waals surface area contributed by atoms with Crippen molar-refractivity contribution < 1.29 is 14.3 Å². The zero-order valence-electron chi connectivity index (χ0n) is 16.4. The second-order valence-electron chi connectivity index (χ2n) is 8.31. The Balaban J connectivity index is 1.83. The number of methoxy groups -OCH3 is 1. The van der Waals surface area contributed by atoms with Crippen LogP contribution in [0.25, 0.3) is 10.9 Å². The number of fused-ring (bicyclic) bond motifs is 3. The van der Waals surface area contributed by atoms with E-state index >= 15 is 0 Å². The van der Waals surface area contributed by atoms with Crippen LogP contribution in [-0.4, -0.2) is 31.3 Å². The van der Waals surface area contributed by atoms with E-state index in [1.165, 1.54) is 7.11 Å². The number of carbonyl (C=O) groups excluding carboxylic acids is 2. The number of Topliss-reactive ketones (excluding diaryl/α,β-unsaturated/α-hetero) is 1. The van der Waals surface area contributed by atoms with Gasteiger partial charge in [-0.05, 0) is 35.6 Å². The van der Waals surface area contributed by atoms with Crippen molar-refractivity contribution in [1.29, 1.82) is 0 Å². The number of rotatable bonds is 3. The van der Waals surface area contributed by atoms with Crippen molar-refractivity contribution in [2.45, 2.75) is 33.2 Å². The molecule has 5 heteroatoms. The summed E-state index contributed by atoms with van der Waals surface area (Å²) in [5.41, 5.74) is 5.06. The molecule has 0 saturated carbocycles. The van der Waals surface area contributed by atoms with Crippen LogP contribution in [0.1, 0.15) is 52.2 Å². The van der Waals surface area contributed by atoms with Gasteiger partial charge < -0.3 is 9.30 Å². The molecule has 1 aliphatic carbocycles. The normalized spacial score (nSPS) is 15.5. The summed E-state index contributed by atoms with van der Waals surface area (Å²) in [6.07, 6.45) is 1.38. The van der Waals surface area contributed by atoms with E-state index in [2.05, 4.69) is 18.4 Å². The predicted molar refractivity (Wildman–Crippen MR) is 111 cm³/mol. The van der Waals surface area contributed by atoms with Gasteiger partial charge in [0.15, 0.2) is 5.78 Å². The van der Waals surface area contributed by atoms with Crippen LogP contribution in [0.5, 0.6) is 0 Å². The van der Waals surface area contributed by atoms with Crippen LogP contribution in [0.3, 0.4) is 0 Å². The number of benzene rings is 2. The van der Waals surface area contributed by atoms with Gasteiger partial charge in [-0.2, -0.15) is 0 Å².